The number of rotatable bonds is 0. The lowest BCUT2D eigenvalue weighted by atomic mass is 10.5. The molecule has 44 valence electrons. The Balaban J connectivity index is 3.06. The van der Waals surface area contributed by atoms with E-state index in [0.29, 0.717) is 5.69 Å². The van der Waals surface area contributed by atoms with Crippen molar-refractivity contribution in [3.8, 4) is 12.3 Å². The summed E-state index contributed by atoms with van der Waals surface area (Å²) in [5.74, 6) is 1.60. The number of hydrogen-bond donors (Lipinski definition) is 0. The summed E-state index contributed by atoms with van der Waals surface area (Å²) in [5, 5.41) is 0. The van der Waals surface area contributed by atoms with Gasteiger partial charge in [0.25, 0.3) is 0 Å². The van der Waals surface area contributed by atoms with Gasteiger partial charge in [-0.2, -0.15) is 4.39 Å². The third-order valence-corrected chi connectivity index (χ3v) is 0.768. The van der Waals surface area contributed by atoms with E-state index in [-0.39, 0.29) is 0 Å². The van der Waals surface area contributed by atoms with Crippen LogP contribution >= 0.6 is 0 Å². The van der Waals surface area contributed by atoms with Crippen LogP contribution in [-0.4, -0.2) is 9.97 Å². The second-order valence-corrected chi connectivity index (χ2v) is 1.37. The maximum atomic E-state index is 12.0. The molecule has 0 N–H and O–H groups in total. The van der Waals surface area contributed by atoms with Crippen LogP contribution in [0.4, 0.5) is 4.39 Å². The van der Waals surface area contributed by atoms with Gasteiger partial charge in [0.15, 0.2) is 0 Å². The highest BCUT2D eigenvalue weighted by atomic mass is 19.1. The SMILES string of the molecule is C#Cc1cnc(F)cn1. The molecule has 2 nitrogen and oxygen atoms in total. The fourth-order valence-electron chi connectivity index (χ4n) is 0.387. The van der Waals surface area contributed by atoms with E-state index >= 15 is 0 Å². The normalized spacial score (nSPS) is 8.44. The summed E-state index contributed by atoms with van der Waals surface area (Å²) in [6, 6.07) is 0. The van der Waals surface area contributed by atoms with Gasteiger partial charge < -0.3 is 0 Å². The Labute approximate surface area is 51.8 Å². The van der Waals surface area contributed by atoms with E-state index < -0.39 is 5.95 Å². The summed E-state index contributed by atoms with van der Waals surface area (Å²) in [6.45, 7) is 0. The zero-order valence-corrected chi connectivity index (χ0v) is 4.50. The van der Waals surface area contributed by atoms with Gasteiger partial charge in [-0.25, -0.2) is 9.97 Å². The Hall–Kier alpha value is -1.43. The molecule has 1 aromatic heterocycles. The van der Waals surface area contributed by atoms with E-state index in [4.69, 9.17) is 6.42 Å². The Bertz CT molecular complexity index is 234. The Morgan fingerprint density at radius 2 is 2.22 bits per heavy atom. The van der Waals surface area contributed by atoms with Crippen LogP contribution in [0.3, 0.4) is 0 Å². The van der Waals surface area contributed by atoms with Crippen molar-refractivity contribution in [3.63, 3.8) is 0 Å². The summed E-state index contributed by atoms with van der Waals surface area (Å²) in [5.41, 5.74) is 0.344. The predicted molar refractivity (Wildman–Crippen MR) is 29.9 cm³/mol. The first-order valence-corrected chi connectivity index (χ1v) is 2.27. The first-order valence-electron chi connectivity index (χ1n) is 2.27. The van der Waals surface area contributed by atoms with E-state index in [0.717, 1.165) is 6.20 Å². The van der Waals surface area contributed by atoms with Crippen LogP contribution in [-0.2, 0) is 0 Å². The highest BCUT2D eigenvalue weighted by molar-refractivity contribution is 5.19. The highest BCUT2D eigenvalue weighted by Gasteiger charge is 1.89. The van der Waals surface area contributed by atoms with Crippen molar-refractivity contribution in [2.45, 2.75) is 0 Å². The summed E-state index contributed by atoms with van der Waals surface area (Å²) < 4.78 is 12.0. The quantitative estimate of drug-likeness (QED) is 0.471. The molecule has 0 aliphatic carbocycles. The Morgan fingerprint density at radius 1 is 1.44 bits per heavy atom. The molecule has 0 unspecified atom stereocenters. The molecule has 0 aliphatic heterocycles. The van der Waals surface area contributed by atoms with Crippen LogP contribution in [0, 0.1) is 18.3 Å². The van der Waals surface area contributed by atoms with Gasteiger partial charge in [0, 0.05) is 0 Å². The van der Waals surface area contributed by atoms with Crippen molar-refractivity contribution in [1.82, 2.24) is 9.97 Å². The van der Waals surface area contributed by atoms with Crippen molar-refractivity contribution in [2.24, 2.45) is 0 Å². The lowest BCUT2D eigenvalue weighted by Crippen LogP contribution is -1.86. The third-order valence-electron chi connectivity index (χ3n) is 0.768. The van der Waals surface area contributed by atoms with E-state index in [1.807, 2.05) is 0 Å². The number of aromatic nitrogens is 2. The van der Waals surface area contributed by atoms with Gasteiger partial charge in [-0.3, -0.25) is 0 Å². The molecule has 0 aromatic carbocycles. The average molecular weight is 122 g/mol. The molecule has 0 bridgehead atoms. The van der Waals surface area contributed by atoms with Crippen molar-refractivity contribution in [2.75, 3.05) is 0 Å². The van der Waals surface area contributed by atoms with E-state index in [1.165, 1.54) is 6.20 Å². The van der Waals surface area contributed by atoms with Gasteiger partial charge in [-0.1, -0.05) is 0 Å². The summed E-state index contributed by atoms with van der Waals surface area (Å²) in [7, 11) is 0. The molecule has 0 spiro atoms. The summed E-state index contributed by atoms with van der Waals surface area (Å²) in [6.07, 6.45) is 7.11. The van der Waals surface area contributed by atoms with Crippen molar-refractivity contribution < 1.29 is 4.39 Å². The topological polar surface area (TPSA) is 25.8 Å². The van der Waals surface area contributed by atoms with Gasteiger partial charge in [0.1, 0.15) is 5.69 Å². The number of nitrogens with zero attached hydrogens (tertiary/aromatic N) is 2. The van der Waals surface area contributed by atoms with Gasteiger partial charge in [-0.05, 0) is 5.92 Å². The molecular weight excluding hydrogens is 119 g/mol. The monoisotopic (exact) mass is 122 g/mol. The Kier molecular flexibility index (Phi) is 1.41. The second-order valence-electron chi connectivity index (χ2n) is 1.37. The number of halogens is 1. The molecule has 0 amide bonds. The van der Waals surface area contributed by atoms with Crippen LogP contribution in [0.25, 0.3) is 0 Å². The molecule has 0 saturated carbocycles. The standard InChI is InChI=1S/C6H3FN2/c1-2-5-3-9-6(7)4-8-5/h1,3-4H. The lowest BCUT2D eigenvalue weighted by Gasteiger charge is -1.85. The van der Waals surface area contributed by atoms with Gasteiger partial charge in [0.05, 0.1) is 12.4 Å². The molecular formula is C6H3FN2. The van der Waals surface area contributed by atoms with Crippen molar-refractivity contribution >= 4 is 0 Å². The largest absolute Gasteiger partial charge is 0.241 e. The summed E-state index contributed by atoms with van der Waals surface area (Å²) in [4.78, 5) is 6.80. The third kappa shape index (κ3) is 1.23. The van der Waals surface area contributed by atoms with Crippen LogP contribution in [0.15, 0.2) is 12.4 Å². The van der Waals surface area contributed by atoms with Gasteiger partial charge in [-0.15, -0.1) is 6.42 Å². The number of terminal acetylenes is 1. The molecule has 1 heterocycles. The van der Waals surface area contributed by atoms with E-state index in [2.05, 4.69) is 15.9 Å². The van der Waals surface area contributed by atoms with E-state index in [1.54, 1.807) is 0 Å². The number of hydrogen-bond acceptors (Lipinski definition) is 2. The highest BCUT2D eigenvalue weighted by Crippen LogP contribution is 1.89. The Morgan fingerprint density at radius 3 is 2.67 bits per heavy atom. The van der Waals surface area contributed by atoms with Crippen LogP contribution < -0.4 is 0 Å². The average Bonchev–Trinajstić information content (AvgIpc) is 1.90. The van der Waals surface area contributed by atoms with Crippen molar-refractivity contribution in [1.29, 1.82) is 0 Å². The molecule has 3 heteroatoms. The maximum Gasteiger partial charge on any atom is 0.231 e. The van der Waals surface area contributed by atoms with Crippen molar-refractivity contribution in [3.05, 3.63) is 24.0 Å². The second kappa shape index (κ2) is 2.23. The van der Waals surface area contributed by atoms with E-state index in [9.17, 15) is 4.39 Å². The minimum Gasteiger partial charge on any atom is -0.241 e. The van der Waals surface area contributed by atoms with Crippen LogP contribution in [0.5, 0.6) is 0 Å². The first kappa shape index (κ1) is 5.70. The summed E-state index contributed by atoms with van der Waals surface area (Å²) >= 11 is 0. The molecule has 0 radical (unpaired) electrons. The zero-order valence-electron chi connectivity index (χ0n) is 4.50. The maximum absolute atomic E-state index is 12.0. The molecule has 1 aromatic rings. The molecule has 0 fully saturated rings. The molecule has 1 rings (SSSR count). The minimum absolute atomic E-state index is 0.344. The van der Waals surface area contributed by atoms with Gasteiger partial charge >= 0.3 is 0 Å². The fourth-order valence-corrected chi connectivity index (χ4v) is 0.387. The molecule has 0 saturated heterocycles. The molecule has 0 atom stereocenters. The molecule has 0 aliphatic rings. The van der Waals surface area contributed by atoms with Crippen LogP contribution in [0.1, 0.15) is 5.69 Å². The van der Waals surface area contributed by atoms with Crippen LogP contribution in [0.2, 0.25) is 0 Å². The first-order chi connectivity index (χ1) is 4.33. The smallest absolute Gasteiger partial charge is 0.231 e. The lowest BCUT2D eigenvalue weighted by molar-refractivity contribution is 0.576. The zero-order chi connectivity index (χ0) is 6.69. The van der Waals surface area contributed by atoms with Gasteiger partial charge in [0.2, 0.25) is 5.95 Å². The minimum atomic E-state index is -0.617. The molecule has 9 heavy (non-hydrogen) atoms. The fraction of sp³-hybridized carbons (Fsp3) is 0. The predicted octanol–water partition coefficient (Wildman–Crippen LogP) is 0.597.